The summed E-state index contributed by atoms with van der Waals surface area (Å²) in [5, 5.41) is 0. The Morgan fingerprint density at radius 2 is 0.903 bits per heavy atom. The van der Waals surface area contributed by atoms with Crippen LogP contribution in [0, 0.1) is 0 Å². The Hall–Kier alpha value is 0.1000. The predicted octanol–water partition coefficient (Wildman–Crippen LogP) is 10.1. The van der Waals surface area contributed by atoms with Crippen LogP contribution in [-0.4, -0.2) is 27.9 Å². The van der Waals surface area contributed by atoms with E-state index in [4.69, 9.17) is 0 Å². The van der Waals surface area contributed by atoms with E-state index < -0.39 is 34.3 Å². The van der Waals surface area contributed by atoms with E-state index in [2.05, 4.69) is 6.92 Å². The van der Waals surface area contributed by atoms with Crippen molar-refractivity contribution in [3.63, 3.8) is 0 Å². The fourth-order valence-corrected chi connectivity index (χ4v) is 4.29. The van der Waals surface area contributed by atoms with Gasteiger partial charge >= 0.3 is 23.9 Å². The molecule has 0 N–H and O–H groups in total. The van der Waals surface area contributed by atoms with Gasteiger partial charge < -0.3 is 0 Å². The first-order valence-electron chi connectivity index (χ1n) is 11.0. The van der Waals surface area contributed by atoms with Crippen molar-refractivity contribution in [1.82, 2.24) is 0 Å². The molecule has 0 radical (unpaired) electrons. The van der Waals surface area contributed by atoms with Crippen LogP contribution >= 0.6 is 22.6 Å². The standard InChI is InChI=1S/C21H34F9I/c1-2-3-4-5-6-7-8-9-10-11-12-13-14-15-17(31)16-18(22,23)19(24,25)20(26,27)21(28,29)30/h17H,2-16H2,1H3. The maximum Gasteiger partial charge on any atom is 0.460 e. The van der Waals surface area contributed by atoms with Crippen molar-refractivity contribution in [3.05, 3.63) is 0 Å². The van der Waals surface area contributed by atoms with E-state index in [1.165, 1.54) is 67.5 Å². The van der Waals surface area contributed by atoms with Crippen molar-refractivity contribution in [3.8, 4) is 0 Å². The van der Waals surface area contributed by atoms with E-state index in [0.29, 0.717) is 12.8 Å². The summed E-state index contributed by atoms with van der Waals surface area (Å²) in [6.07, 6.45) is 5.35. The molecule has 0 aliphatic carbocycles. The molecule has 0 bridgehead atoms. The smallest absolute Gasteiger partial charge is 0.200 e. The van der Waals surface area contributed by atoms with Crippen LogP contribution < -0.4 is 0 Å². The molecule has 1 atom stereocenters. The average Bonchev–Trinajstić information content (AvgIpc) is 2.63. The highest BCUT2D eigenvalue weighted by Gasteiger charge is 2.81. The van der Waals surface area contributed by atoms with Crippen LogP contribution in [0.5, 0.6) is 0 Å². The van der Waals surface area contributed by atoms with Crippen LogP contribution in [0.15, 0.2) is 0 Å². The molecule has 0 rings (SSSR count). The molecule has 0 nitrogen and oxygen atoms in total. The van der Waals surface area contributed by atoms with Crippen LogP contribution in [0.25, 0.3) is 0 Å². The minimum absolute atomic E-state index is 0.0571. The number of hydrogen-bond acceptors (Lipinski definition) is 0. The van der Waals surface area contributed by atoms with Crippen molar-refractivity contribution < 1.29 is 39.5 Å². The Balaban J connectivity index is 4.03. The Morgan fingerprint density at radius 1 is 0.548 bits per heavy atom. The van der Waals surface area contributed by atoms with Gasteiger partial charge in [-0.3, -0.25) is 0 Å². The molecule has 0 aromatic heterocycles. The lowest BCUT2D eigenvalue weighted by Gasteiger charge is -2.34. The zero-order chi connectivity index (χ0) is 24.2. The van der Waals surface area contributed by atoms with E-state index in [0.717, 1.165) is 25.7 Å². The number of alkyl halides is 10. The first-order valence-corrected chi connectivity index (χ1v) is 12.3. The van der Waals surface area contributed by atoms with Gasteiger partial charge in [-0.25, -0.2) is 0 Å². The van der Waals surface area contributed by atoms with Gasteiger partial charge in [-0.1, -0.05) is 113 Å². The number of hydrogen-bond donors (Lipinski definition) is 0. The number of rotatable bonds is 18. The molecule has 31 heavy (non-hydrogen) atoms. The first kappa shape index (κ1) is 31.1. The quantitative estimate of drug-likeness (QED) is 0.0651. The zero-order valence-electron chi connectivity index (χ0n) is 18.0. The summed E-state index contributed by atoms with van der Waals surface area (Å²) in [6, 6.07) is 0. The van der Waals surface area contributed by atoms with Gasteiger partial charge in [-0.2, -0.15) is 39.5 Å². The van der Waals surface area contributed by atoms with Crippen molar-refractivity contribution in [2.24, 2.45) is 0 Å². The van der Waals surface area contributed by atoms with Crippen LogP contribution in [0.4, 0.5) is 39.5 Å². The molecular weight excluding hydrogens is 550 g/mol. The largest absolute Gasteiger partial charge is 0.460 e. The molecule has 0 aromatic rings. The van der Waals surface area contributed by atoms with E-state index in [1.807, 2.05) is 0 Å². The molecular formula is C21H34F9I. The van der Waals surface area contributed by atoms with Crippen LogP contribution in [0.1, 0.15) is 103 Å². The molecule has 0 fully saturated rings. The van der Waals surface area contributed by atoms with Crippen molar-refractivity contribution in [1.29, 1.82) is 0 Å². The highest BCUT2D eigenvalue weighted by Crippen LogP contribution is 2.54. The average molecular weight is 584 g/mol. The Morgan fingerprint density at radius 3 is 1.26 bits per heavy atom. The molecule has 0 aliphatic rings. The molecule has 0 saturated carbocycles. The Bertz CT molecular complexity index is 464. The van der Waals surface area contributed by atoms with Crippen LogP contribution in [-0.2, 0) is 0 Å². The molecule has 0 saturated heterocycles. The molecule has 1 unspecified atom stereocenters. The summed E-state index contributed by atoms with van der Waals surface area (Å²) in [7, 11) is 0. The second kappa shape index (κ2) is 14.4. The van der Waals surface area contributed by atoms with Crippen molar-refractivity contribution in [2.45, 2.75) is 131 Å². The summed E-state index contributed by atoms with van der Waals surface area (Å²) in [6.45, 7) is 2.17. The predicted molar refractivity (Wildman–Crippen MR) is 114 cm³/mol. The minimum Gasteiger partial charge on any atom is -0.200 e. The monoisotopic (exact) mass is 584 g/mol. The van der Waals surface area contributed by atoms with Crippen LogP contribution in [0.3, 0.4) is 0 Å². The van der Waals surface area contributed by atoms with E-state index in [-0.39, 0.29) is 6.42 Å². The van der Waals surface area contributed by atoms with Gasteiger partial charge in [-0.05, 0) is 6.42 Å². The lowest BCUT2D eigenvalue weighted by molar-refractivity contribution is -0.396. The maximum absolute atomic E-state index is 13.6. The third kappa shape index (κ3) is 10.7. The van der Waals surface area contributed by atoms with Gasteiger partial charge in [0.2, 0.25) is 0 Å². The molecule has 188 valence electrons. The third-order valence-corrected chi connectivity index (χ3v) is 6.37. The summed E-state index contributed by atoms with van der Waals surface area (Å²) in [5.74, 6) is -18.8. The SMILES string of the molecule is CCCCCCCCCCCCCCCC(I)CC(F)(F)C(F)(F)C(F)(F)C(F)(F)F. The molecule has 0 amide bonds. The van der Waals surface area contributed by atoms with E-state index in [1.54, 1.807) is 0 Å². The number of halogens is 10. The Kier molecular flexibility index (Phi) is 14.4. The molecule has 0 spiro atoms. The second-order valence-electron chi connectivity index (χ2n) is 8.18. The zero-order valence-corrected chi connectivity index (χ0v) is 20.1. The lowest BCUT2D eigenvalue weighted by Crippen LogP contribution is -2.61. The summed E-state index contributed by atoms with van der Waals surface area (Å²) in [4.78, 5) is 0. The fraction of sp³-hybridized carbons (Fsp3) is 1.00. The lowest BCUT2D eigenvalue weighted by atomic mass is 9.97. The summed E-state index contributed by atoms with van der Waals surface area (Å²) in [5.41, 5.74) is 0. The molecule has 10 heteroatoms. The minimum atomic E-state index is -6.80. The Labute approximate surface area is 193 Å². The van der Waals surface area contributed by atoms with Gasteiger partial charge in [0.15, 0.2) is 0 Å². The van der Waals surface area contributed by atoms with Gasteiger partial charge in [-0.15, -0.1) is 0 Å². The van der Waals surface area contributed by atoms with E-state index >= 15 is 0 Å². The molecule has 0 heterocycles. The van der Waals surface area contributed by atoms with Crippen molar-refractivity contribution in [2.75, 3.05) is 0 Å². The van der Waals surface area contributed by atoms with E-state index in [9.17, 15) is 39.5 Å². The van der Waals surface area contributed by atoms with Crippen LogP contribution in [0.2, 0.25) is 0 Å². The summed E-state index contributed by atoms with van der Waals surface area (Å²) < 4.78 is 115. The molecule has 0 aromatic carbocycles. The normalized spacial score (nSPS) is 14.8. The highest BCUT2D eigenvalue weighted by molar-refractivity contribution is 14.1. The third-order valence-electron chi connectivity index (χ3n) is 5.31. The molecule has 0 aliphatic heterocycles. The van der Waals surface area contributed by atoms with Gasteiger partial charge in [0.1, 0.15) is 0 Å². The fourth-order valence-electron chi connectivity index (χ4n) is 3.30. The van der Waals surface area contributed by atoms with Gasteiger partial charge in [0.05, 0.1) is 0 Å². The van der Waals surface area contributed by atoms with Gasteiger partial charge in [0.25, 0.3) is 0 Å². The first-order chi connectivity index (χ1) is 14.2. The summed E-state index contributed by atoms with van der Waals surface area (Å²) >= 11 is 1.41. The second-order valence-corrected chi connectivity index (χ2v) is 9.95. The highest BCUT2D eigenvalue weighted by atomic mass is 127. The van der Waals surface area contributed by atoms with Gasteiger partial charge in [0, 0.05) is 10.3 Å². The topological polar surface area (TPSA) is 0 Å². The number of unbranched alkanes of at least 4 members (excludes halogenated alkanes) is 12. The van der Waals surface area contributed by atoms with Crippen molar-refractivity contribution >= 4 is 22.6 Å². The maximum atomic E-state index is 13.6.